The summed E-state index contributed by atoms with van der Waals surface area (Å²) >= 11 is 0. The molecule has 4 rings (SSSR count). The molecule has 0 atom stereocenters. The standard InChI is InChI=1S/C15H14N6/c1-2-6-11-18-14-12(16-9-17-14)15-19-13(20-21(11)15)10-7-4-3-5-8-10/h3-5,7-9H,2,6H2,1H3,(H,16,17). The van der Waals surface area contributed by atoms with Crippen molar-refractivity contribution in [2.24, 2.45) is 0 Å². The lowest BCUT2D eigenvalue weighted by Crippen LogP contribution is -2.03. The van der Waals surface area contributed by atoms with E-state index in [1.807, 2.05) is 34.8 Å². The maximum Gasteiger partial charge on any atom is 0.185 e. The summed E-state index contributed by atoms with van der Waals surface area (Å²) in [5.74, 6) is 1.60. The van der Waals surface area contributed by atoms with Gasteiger partial charge in [-0.1, -0.05) is 37.3 Å². The number of rotatable bonds is 3. The fourth-order valence-corrected chi connectivity index (χ4v) is 2.45. The lowest BCUT2D eigenvalue weighted by atomic mass is 10.2. The number of hydrogen-bond donors (Lipinski definition) is 1. The Balaban J connectivity index is 2.02. The average Bonchev–Trinajstić information content (AvgIpc) is 3.14. The summed E-state index contributed by atoms with van der Waals surface area (Å²) < 4.78 is 1.83. The Morgan fingerprint density at radius 2 is 2.00 bits per heavy atom. The Bertz CT molecular complexity index is 906. The number of nitrogens with one attached hydrogen (secondary N) is 1. The van der Waals surface area contributed by atoms with Crippen LogP contribution in [0.1, 0.15) is 19.2 Å². The fraction of sp³-hybridized carbons (Fsp3) is 0.200. The number of nitrogens with zero attached hydrogens (tertiary/aromatic N) is 5. The van der Waals surface area contributed by atoms with Gasteiger partial charge >= 0.3 is 0 Å². The molecule has 6 heteroatoms. The first-order valence-electron chi connectivity index (χ1n) is 7.01. The molecule has 0 radical (unpaired) electrons. The molecule has 0 aliphatic carbocycles. The van der Waals surface area contributed by atoms with E-state index in [-0.39, 0.29) is 0 Å². The zero-order chi connectivity index (χ0) is 14.2. The van der Waals surface area contributed by atoms with Crippen LogP contribution in [0.25, 0.3) is 28.2 Å². The van der Waals surface area contributed by atoms with Crippen molar-refractivity contribution in [2.45, 2.75) is 19.8 Å². The molecule has 3 aromatic heterocycles. The summed E-state index contributed by atoms with van der Waals surface area (Å²) in [5, 5.41) is 4.63. The van der Waals surface area contributed by atoms with Crippen molar-refractivity contribution in [1.29, 1.82) is 0 Å². The second kappa shape index (κ2) is 4.66. The van der Waals surface area contributed by atoms with E-state index in [0.29, 0.717) is 11.5 Å². The molecule has 0 saturated heterocycles. The average molecular weight is 278 g/mol. The van der Waals surface area contributed by atoms with Gasteiger partial charge in [-0.3, -0.25) is 0 Å². The van der Waals surface area contributed by atoms with Crippen molar-refractivity contribution in [1.82, 2.24) is 29.5 Å². The van der Waals surface area contributed by atoms with Crippen LogP contribution in [0, 0.1) is 0 Å². The van der Waals surface area contributed by atoms with Crippen LogP contribution in [-0.4, -0.2) is 29.5 Å². The first kappa shape index (κ1) is 12.0. The van der Waals surface area contributed by atoms with E-state index < -0.39 is 0 Å². The van der Waals surface area contributed by atoms with E-state index in [9.17, 15) is 0 Å². The molecule has 0 fully saturated rings. The molecule has 6 nitrogen and oxygen atoms in total. The maximum absolute atomic E-state index is 4.67. The summed E-state index contributed by atoms with van der Waals surface area (Å²) in [6.07, 6.45) is 3.49. The second-order valence-electron chi connectivity index (χ2n) is 4.92. The second-order valence-corrected chi connectivity index (χ2v) is 4.92. The minimum Gasteiger partial charge on any atom is -0.340 e. The Morgan fingerprint density at radius 3 is 2.81 bits per heavy atom. The highest BCUT2D eigenvalue weighted by atomic mass is 15.3. The monoisotopic (exact) mass is 278 g/mol. The van der Waals surface area contributed by atoms with Crippen LogP contribution >= 0.6 is 0 Å². The topological polar surface area (TPSA) is 71.8 Å². The molecule has 0 bridgehead atoms. The number of aryl methyl sites for hydroxylation is 1. The molecule has 0 aliphatic rings. The van der Waals surface area contributed by atoms with Gasteiger partial charge in [-0.25, -0.2) is 15.0 Å². The predicted octanol–water partition coefficient (Wildman–Crippen LogP) is 2.62. The van der Waals surface area contributed by atoms with Crippen molar-refractivity contribution in [3.63, 3.8) is 0 Å². The molecule has 21 heavy (non-hydrogen) atoms. The summed E-state index contributed by atoms with van der Waals surface area (Å²) in [6.45, 7) is 2.12. The number of aromatic nitrogens is 6. The zero-order valence-electron chi connectivity index (χ0n) is 11.6. The van der Waals surface area contributed by atoms with Crippen LogP contribution in [0.5, 0.6) is 0 Å². The maximum atomic E-state index is 4.67. The van der Waals surface area contributed by atoms with Gasteiger partial charge in [0.05, 0.1) is 6.33 Å². The first-order valence-corrected chi connectivity index (χ1v) is 7.01. The van der Waals surface area contributed by atoms with Crippen LogP contribution in [-0.2, 0) is 6.42 Å². The Labute approximate surface area is 120 Å². The molecule has 1 aromatic carbocycles. The molecule has 3 heterocycles. The lowest BCUT2D eigenvalue weighted by molar-refractivity contribution is 0.770. The van der Waals surface area contributed by atoms with Gasteiger partial charge in [0.15, 0.2) is 17.1 Å². The fourth-order valence-electron chi connectivity index (χ4n) is 2.45. The van der Waals surface area contributed by atoms with E-state index in [1.54, 1.807) is 6.33 Å². The van der Waals surface area contributed by atoms with Crippen molar-refractivity contribution in [3.8, 4) is 11.4 Å². The Hall–Kier alpha value is -2.76. The normalized spacial score (nSPS) is 11.5. The lowest BCUT2D eigenvalue weighted by Gasteiger charge is -2.01. The van der Waals surface area contributed by atoms with Crippen molar-refractivity contribution < 1.29 is 0 Å². The van der Waals surface area contributed by atoms with E-state index in [1.165, 1.54) is 0 Å². The molecule has 0 unspecified atom stereocenters. The highest BCUT2D eigenvalue weighted by Gasteiger charge is 2.15. The van der Waals surface area contributed by atoms with Gasteiger partial charge in [0.1, 0.15) is 11.3 Å². The van der Waals surface area contributed by atoms with Crippen LogP contribution in [0.3, 0.4) is 0 Å². The van der Waals surface area contributed by atoms with Crippen molar-refractivity contribution in [3.05, 3.63) is 42.5 Å². The molecule has 0 amide bonds. The predicted molar refractivity (Wildman–Crippen MR) is 79.9 cm³/mol. The van der Waals surface area contributed by atoms with Gasteiger partial charge in [0, 0.05) is 12.0 Å². The van der Waals surface area contributed by atoms with Crippen LogP contribution < -0.4 is 0 Å². The zero-order valence-corrected chi connectivity index (χ0v) is 11.6. The van der Waals surface area contributed by atoms with Crippen LogP contribution in [0.2, 0.25) is 0 Å². The molecular formula is C15H14N6. The Kier molecular flexibility index (Phi) is 2.67. The summed E-state index contributed by atoms with van der Waals surface area (Å²) in [5.41, 5.74) is 3.29. The minimum absolute atomic E-state index is 0.693. The molecule has 0 aliphatic heterocycles. The number of H-pyrrole nitrogens is 1. The van der Waals surface area contributed by atoms with Gasteiger partial charge < -0.3 is 4.98 Å². The number of benzene rings is 1. The number of fused-ring (bicyclic) bond motifs is 3. The van der Waals surface area contributed by atoms with Gasteiger partial charge in [-0.2, -0.15) is 4.52 Å². The SMILES string of the molecule is CCCc1nc2nc[nH]c2c2nc(-c3ccccc3)nn12. The van der Waals surface area contributed by atoms with Gasteiger partial charge in [-0.05, 0) is 6.42 Å². The van der Waals surface area contributed by atoms with Gasteiger partial charge in [0.2, 0.25) is 0 Å². The van der Waals surface area contributed by atoms with Crippen molar-refractivity contribution in [2.75, 3.05) is 0 Å². The number of hydrogen-bond acceptors (Lipinski definition) is 4. The third-order valence-corrected chi connectivity index (χ3v) is 3.44. The first-order chi connectivity index (χ1) is 10.4. The molecule has 4 aromatic rings. The highest BCUT2D eigenvalue weighted by Crippen LogP contribution is 2.20. The van der Waals surface area contributed by atoms with Crippen LogP contribution in [0.15, 0.2) is 36.7 Å². The Morgan fingerprint density at radius 1 is 1.14 bits per heavy atom. The highest BCUT2D eigenvalue weighted by molar-refractivity contribution is 5.85. The summed E-state index contributed by atoms with van der Waals surface area (Å²) in [7, 11) is 0. The van der Waals surface area contributed by atoms with E-state index in [4.69, 9.17) is 0 Å². The molecule has 0 spiro atoms. The molecule has 0 saturated carbocycles. The molecular weight excluding hydrogens is 264 g/mol. The minimum atomic E-state index is 0.693. The largest absolute Gasteiger partial charge is 0.340 e. The third kappa shape index (κ3) is 1.87. The van der Waals surface area contributed by atoms with E-state index >= 15 is 0 Å². The van der Waals surface area contributed by atoms with Gasteiger partial charge in [0.25, 0.3) is 0 Å². The third-order valence-electron chi connectivity index (χ3n) is 3.44. The summed E-state index contributed by atoms with van der Waals surface area (Å²) in [6, 6.07) is 9.96. The molecule has 104 valence electrons. The van der Waals surface area contributed by atoms with Gasteiger partial charge in [-0.15, -0.1) is 5.10 Å². The quantitative estimate of drug-likeness (QED) is 0.625. The number of imidazole rings is 1. The smallest absolute Gasteiger partial charge is 0.185 e. The van der Waals surface area contributed by atoms with Crippen LogP contribution in [0.4, 0.5) is 0 Å². The van der Waals surface area contributed by atoms with E-state index in [2.05, 4.69) is 32.0 Å². The van der Waals surface area contributed by atoms with E-state index in [0.717, 1.165) is 35.4 Å². The molecule has 1 N–H and O–H groups in total. The number of aromatic amines is 1. The summed E-state index contributed by atoms with van der Waals surface area (Å²) in [4.78, 5) is 16.6. The van der Waals surface area contributed by atoms with Crippen molar-refractivity contribution >= 4 is 16.8 Å².